The first-order chi connectivity index (χ1) is 6.68. The van der Waals surface area contributed by atoms with Gasteiger partial charge in [-0.05, 0) is 6.07 Å². The van der Waals surface area contributed by atoms with E-state index in [4.69, 9.17) is 5.11 Å². The number of hydrogen-bond acceptors (Lipinski definition) is 3. The smallest absolute Gasteiger partial charge is 0.353 e. The van der Waals surface area contributed by atoms with E-state index in [0.717, 1.165) is 0 Å². The summed E-state index contributed by atoms with van der Waals surface area (Å²) in [6.45, 7) is -1.86. The zero-order valence-corrected chi connectivity index (χ0v) is 7.07. The third-order valence-electron chi connectivity index (χ3n) is 1.91. The third-order valence-corrected chi connectivity index (χ3v) is 1.91. The van der Waals surface area contributed by atoms with Crippen LogP contribution in [-0.4, -0.2) is 17.6 Å². The van der Waals surface area contributed by atoms with Crippen LogP contribution in [0.3, 0.4) is 0 Å². The number of halogens is 1. The van der Waals surface area contributed by atoms with Crippen LogP contribution in [0.5, 0.6) is 5.75 Å². The summed E-state index contributed by atoms with van der Waals surface area (Å²) in [5.74, 6) is -1.09. The standard InChI is InChI=1S/C9H7FO4/c10-9-13-4-5-2-1-3-6(8(11)12)7(5)14-9/h1-3,9H,4H2,(H,11,12). The van der Waals surface area contributed by atoms with Gasteiger partial charge in [-0.2, -0.15) is 4.39 Å². The van der Waals surface area contributed by atoms with Crippen molar-refractivity contribution in [3.63, 3.8) is 0 Å². The number of fused-ring (bicyclic) bond motifs is 1. The summed E-state index contributed by atoms with van der Waals surface area (Å²) in [5.41, 5.74) is 0.493. The average molecular weight is 198 g/mol. The summed E-state index contributed by atoms with van der Waals surface area (Å²) in [4.78, 5) is 10.7. The number of alkyl halides is 1. The minimum absolute atomic E-state index is 0.0254. The molecule has 0 radical (unpaired) electrons. The van der Waals surface area contributed by atoms with Gasteiger partial charge in [-0.25, -0.2) is 4.79 Å². The predicted molar refractivity (Wildman–Crippen MR) is 43.7 cm³/mol. The van der Waals surface area contributed by atoms with Crippen LogP contribution in [-0.2, 0) is 11.3 Å². The van der Waals surface area contributed by atoms with Gasteiger partial charge in [0.1, 0.15) is 11.3 Å². The number of benzene rings is 1. The summed E-state index contributed by atoms with van der Waals surface area (Å²) >= 11 is 0. The first-order valence-electron chi connectivity index (χ1n) is 3.96. The van der Waals surface area contributed by atoms with Crippen molar-refractivity contribution in [2.45, 2.75) is 13.2 Å². The number of carbonyl (C=O) groups is 1. The van der Waals surface area contributed by atoms with Crippen LogP contribution in [0.4, 0.5) is 4.39 Å². The maximum absolute atomic E-state index is 12.7. The Labute approximate surface area is 78.9 Å². The molecule has 1 atom stereocenters. The molecule has 0 fully saturated rings. The molecular formula is C9H7FO4. The summed E-state index contributed by atoms with van der Waals surface area (Å²) < 4.78 is 21.9. The van der Waals surface area contributed by atoms with E-state index >= 15 is 0 Å². The molecule has 0 saturated heterocycles. The molecule has 1 unspecified atom stereocenters. The quantitative estimate of drug-likeness (QED) is 0.743. The third kappa shape index (κ3) is 1.42. The fourth-order valence-corrected chi connectivity index (χ4v) is 1.29. The Hall–Kier alpha value is -1.62. The highest BCUT2D eigenvalue weighted by Gasteiger charge is 2.24. The van der Waals surface area contributed by atoms with E-state index in [9.17, 15) is 9.18 Å². The number of ether oxygens (including phenoxy) is 2. The first-order valence-corrected chi connectivity index (χ1v) is 3.96. The van der Waals surface area contributed by atoms with Crippen molar-refractivity contribution in [3.8, 4) is 5.75 Å². The number of carboxylic acid groups (broad SMARTS) is 1. The summed E-state index contributed by atoms with van der Waals surface area (Å²) in [6, 6.07) is 4.56. The van der Waals surface area contributed by atoms with E-state index in [1.54, 1.807) is 12.1 Å². The first kappa shape index (κ1) is 8.96. The van der Waals surface area contributed by atoms with Gasteiger partial charge < -0.3 is 14.6 Å². The lowest BCUT2D eigenvalue weighted by atomic mass is 10.1. The fraction of sp³-hybridized carbons (Fsp3) is 0.222. The Morgan fingerprint density at radius 2 is 2.36 bits per heavy atom. The van der Waals surface area contributed by atoms with Gasteiger partial charge in [0.15, 0.2) is 0 Å². The van der Waals surface area contributed by atoms with Crippen molar-refractivity contribution >= 4 is 5.97 Å². The van der Waals surface area contributed by atoms with Crippen molar-refractivity contribution in [3.05, 3.63) is 29.3 Å². The van der Waals surface area contributed by atoms with E-state index in [0.29, 0.717) is 5.56 Å². The average Bonchev–Trinajstić information content (AvgIpc) is 2.16. The lowest BCUT2D eigenvalue weighted by molar-refractivity contribution is -0.187. The molecule has 74 valence electrons. The van der Waals surface area contributed by atoms with E-state index in [1.807, 2.05) is 0 Å². The lowest BCUT2D eigenvalue weighted by Crippen LogP contribution is -2.22. The van der Waals surface area contributed by atoms with Gasteiger partial charge in [-0.1, -0.05) is 12.1 Å². The highest BCUT2D eigenvalue weighted by Crippen LogP contribution is 2.30. The van der Waals surface area contributed by atoms with Crippen molar-refractivity contribution in [1.82, 2.24) is 0 Å². The number of aromatic carboxylic acids is 1. The van der Waals surface area contributed by atoms with E-state index in [1.165, 1.54) is 6.07 Å². The summed E-state index contributed by atoms with van der Waals surface area (Å²) in [6.07, 6.45) is 0. The molecule has 0 saturated carbocycles. The molecule has 0 aromatic heterocycles. The molecule has 14 heavy (non-hydrogen) atoms. The minimum Gasteiger partial charge on any atom is -0.478 e. The lowest BCUT2D eigenvalue weighted by Gasteiger charge is -2.21. The van der Waals surface area contributed by atoms with Gasteiger partial charge in [0.2, 0.25) is 0 Å². The molecule has 1 aliphatic heterocycles. The molecule has 1 aromatic rings. The maximum atomic E-state index is 12.7. The molecule has 1 aromatic carbocycles. The van der Waals surface area contributed by atoms with Gasteiger partial charge in [0.05, 0.1) is 6.61 Å². The van der Waals surface area contributed by atoms with Gasteiger partial charge in [-0.15, -0.1) is 0 Å². The molecule has 0 bridgehead atoms. The molecule has 0 amide bonds. The van der Waals surface area contributed by atoms with E-state index < -0.39 is 12.5 Å². The normalized spacial score (nSPS) is 19.6. The minimum atomic E-state index is -1.89. The van der Waals surface area contributed by atoms with Gasteiger partial charge >= 0.3 is 12.5 Å². The second-order valence-corrected chi connectivity index (χ2v) is 2.80. The molecule has 0 aliphatic carbocycles. The molecule has 0 spiro atoms. The van der Waals surface area contributed by atoms with E-state index in [-0.39, 0.29) is 17.9 Å². The highest BCUT2D eigenvalue weighted by atomic mass is 19.2. The molecule has 2 rings (SSSR count). The fourth-order valence-electron chi connectivity index (χ4n) is 1.29. The molecule has 1 heterocycles. The van der Waals surface area contributed by atoms with Gasteiger partial charge in [-0.3, -0.25) is 0 Å². The Morgan fingerprint density at radius 3 is 3.07 bits per heavy atom. The number of carboxylic acids is 1. The Balaban J connectivity index is 2.48. The highest BCUT2D eigenvalue weighted by molar-refractivity contribution is 5.91. The van der Waals surface area contributed by atoms with Gasteiger partial charge in [0, 0.05) is 5.56 Å². The van der Waals surface area contributed by atoms with Crippen molar-refractivity contribution < 1.29 is 23.8 Å². The Morgan fingerprint density at radius 1 is 1.57 bits per heavy atom. The number of para-hydroxylation sites is 1. The van der Waals surface area contributed by atoms with Crippen molar-refractivity contribution in [2.75, 3.05) is 0 Å². The monoisotopic (exact) mass is 198 g/mol. The van der Waals surface area contributed by atoms with Crippen LogP contribution in [0.25, 0.3) is 0 Å². The van der Waals surface area contributed by atoms with Crippen LogP contribution in [0.2, 0.25) is 0 Å². The second-order valence-electron chi connectivity index (χ2n) is 2.80. The van der Waals surface area contributed by atoms with Crippen molar-refractivity contribution in [2.24, 2.45) is 0 Å². The van der Waals surface area contributed by atoms with Crippen LogP contribution in [0, 0.1) is 0 Å². The Bertz CT molecular complexity index is 377. The van der Waals surface area contributed by atoms with Crippen LogP contribution in [0.1, 0.15) is 15.9 Å². The summed E-state index contributed by atoms with van der Waals surface area (Å²) in [5, 5.41) is 8.78. The van der Waals surface area contributed by atoms with Gasteiger partial charge in [0.25, 0.3) is 0 Å². The maximum Gasteiger partial charge on any atom is 0.353 e. The second kappa shape index (κ2) is 3.26. The summed E-state index contributed by atoms with van der Waals surface area (Å²) in [7, 11) is 0. The van der Waals surface area contributed by atoms with Crippen LogP contribution < -0.4 is 4.74 Å². The molecule has 1 aliphatic rings. The SMILES string of the molecule is O=C(O)c1cccc2c1OC(F)OC2. The topological polar surface area (TPSA) is 55.8 Å². The van der Waals surface area contributed by atoms with Crippen molar-refractivity contribution in [1.29, 1.82) is 0 Å². The zero-order chi connectivity index (χ0) is 10.1. The number of hydrogen-bond donors (Lipinski definition) is 1. The molecular weight excluding hydrogens is 191 g/mol. The van der Waals surface area contributed by atoms with Crippen LogP contribution >= 0.6 is 0 Å². The largest absolute Gasteiger partial charge is 0.478 e. The zero-order valence-electron chi connectivity index (χ0n) is 7.07. The Kier molecular flexibility index (Phi) is 2.09. The molecule has 5 heteroatoms. The predicted octanol–water partition coefficient (Wildman–Crippen LogP) is 1.55. The van der Waals surface area contributed by atoms with E-state index in [2.05, 4.69) is 9.47 Å². The number of rotatable bonds is 1. The van der Waals surface area contributed by atoms with Crippen LogP contribution in [0.15, 0.2) is 18.2 Å². The molecule has 1 N–H and O–H groups in total. The molecule has 4 nitrogen and oxygen atoms in total.